The van der Waals surface area contributed by atoms with E-state index in [0.717, 1.165) is 11.8 Å². The molecule has 0 unspecified atom stereocenters. The van der Waals surface area contributed by atoms with Crippen molar-refractivity contribution in [1.29, 1.82) is 0 Å². The first-order valence-electron chi connectivity index (χ1n) is 14.3. The van der Waals surface area contributed by atoms with Gasteiger partial charge >= 0.3 is 0 Å². The molecule has 0 radical (unpaired) electrons. The van der Waals surface area contributed by atoms with Crippen LogP contribution in [0.25, 0.3) is 21.5 Å². The number of aliphatic imine (C=N–C) groups is 2. The molecule has 0 aliphatic carbocycles. The number of fused-ring (bicyclic) bond motifs is 2. The molecule has 2 aliphatic rings. The van der Waals surface area contributed by atoms with Gasteiger partial charge in [-0.25, -0.2) is 9.98 Å². The zero-order valence-electron chi connectivity index (χ0n) is 23.4. The maximum absolute atomic E-state index is 6.51. The molecule has 200 valence electrons. The Kier molecular flexibility index (Phi) is 6.88. The lowest BCUT2D eigenvalue weighted by atomic mass is 9.75. The summed E-state index contributed by atoms with van der Waals surface area (Å²) in [6, 6.07) is 30.8. The maximum atomic E-state index is 6.51. The Bertz CT molecular complexity index is 1430. The first kappa shape index (κ1) is 25.6. The Balaban J connectivity index is 1.51. The molecule has 2 aliphatic heterocycles. The molecule has 2 atom stereocenters. The van der Waals surface area contributed by atoms with E-state index in [0.29, 0.717) is 37.9 Å². The van der Waals surface area contributed by atoms with E-state index < -0.39 is 5.41 Å². The molecule has 0 amide bonds. The predicted octanol–water partition coefficient (Wildman–Crippen LogP) is 7.67. The van der Waals surface area contributed by atoms with Crippen LogP contribution in [-0.4, -0.2) is 37.1 Å². The predicted molar refractivity (Wildman–Crippen MR) is 162 cm³/mol. The number of nitrogens with zero attached hydrogens (tertiary/aromatic N) is 2. The van der Waals surface area contributed by atoms with E-state index in [1.807, 2.05) is 0 Å². The summed E-state index contributed by atoms with van der Waals surface area (Å²) in [4.78, 5) is 10.5. The normalized spacial score (nSPS) is 19.4. The molecule has 4 nitrogen and oxygen atoms in total. The second-order valence-electron chi connectivity index (χ2n) is 11.9. The quantitative estimate of drug-likeness (QED) is 0.240. The van der Waals surface area contributed by atoms with Crippen LogP contribution in [0.5, 0.6) is 0 Å². The molecule has 0 saturated heterocycles. The Morgan fingerprint density at radius 1 is 0.615 bits per heavy atom. The lowest BCUT2D eigenvalue weighted by Gasteiger charge is -2.33. The fourth-order valence-electron chi connectivity index (χ4n) is 5.84. The van der Waals surface area contributed by atoms with Gasteiger partial charge in [0, 0.05) is 0 Å². The standard InChI is InChI=1S/C35H38N2O2/c1-23(2)31-21-38-33(36-31)35(34-37-32(22-39-34)24(3)4,19-25-13-15-27-9-5-7-11-29(27)17-25)20-26-14-16-28-10-6-8-12-30(28)18-26/h5-18,23-24,31-32H,19-22H2,1-4H3/t31-,32-/m1/s1. The van der Waals surface area contributed by atoms with Gasteiger partial charge < -0.3 is 9.47 Å². The number of ether oxygens (including phenoxy) is 2. The molecule has 0 saturated carbocycles. The third-order valence-corrected chi connectivity index (χ3v) is 8.35. The minimum Gasteiger partial charge on any atom is -0.478 e. The van der Waals surface area contributed by atoms with Crippen LogP contribution in [0.3, 0.4) is 0 Å². The van der Waals surface area contributed by atoms with Crippen molar-refractivity contribution in [1.82, 2.24) is 0 Å². The Morgan fingerprint density at radius 2 is 1.03 bits per heavy atom. The van der Waals surface area contributed by atoms with Crippen molar-refractivity contribution in [2.24, 2.45) is 27.2 Å². The molecular weight excluding hydrogens is 480 g/mol. The van der Waals surface area contributed by atoms with Gasteiger partial charge in [-0.15, -0.1) is 0 Å². The Hall–Kier alpha value is -3.66. The molecule has 0 bridgehead atoms. The zero-order valence-corrected chi connectivity index (χ0v) is 23.4. The van der Waals surface area contributed by atoms with E-state index in [1.54, 1.807) is 0 Å². The molecule has 39 heavy (non-hydrogen) atoms. The molecule has 4 heteroatoms. The van der Waals surface area contributed by atoms with Crippen molar-refractivity contribution in [2.45, 2.75) is 52.6 Å². The summed E-state index contributed by atoms with van der Waals surface area (Å²) < 4.78 is 13.0. The average Bonchev–Trinajstić information content (AvgIpc) is 3.64. The van der Waals surface area contributed by atoms with Gasteiger partial charge in [-0.05, 0) is 57.3 Å². The van der Waals surface area contributed by atoms with Crippen LogP contribution in [0.4, 0.5) is 0 Å². The van der Waals surface area contributed by atoms with Gasteiger partial charge in [0.15, 0.2) is 11.8 Å². The van der Waals surface area contributed by atoms with Crippen molar-refractivity contribution >= 4 is 33.3 Å². The van der Waals surface area contributed by atoms with Gasteiger partial charge in [-0.2, -0.15) is 0 Å². The van der Waals surface area contributed by atoms with Crippen LogP contribution in [0.15, 0.2) is 94.9 Å². The van der Waals surface area contributed by atoms with E-state index in [1.165, 1.54) is 32.7 Å². The fraction of sp³-hybridized carbons (Fsp3) is 0.371. The molecular formula is C35H38N2O2. The lowest BCUT2D eigenvalue weighted by molar-refractivity contribution is 0.237. The molecule has 2 heterocycles. The molecule has 6 rings (SSSR count). The first-order chi connectivity index (χ1) is 18.9. The highest BCUT2D eigenvalue weighted by Crippen LogP contribution is 2.39. The minimum absolute atomic E-state index is 0.135. The smallest absolute Gasteiger partial charge is 0.200 e. The van der Waals surface area contributed by atoms with Crippen molar-refractivity contribution in [3.8, 4) is 0 Å². The van der Waals surface area contributed by atoms with Gasteiger partial charge in [-0.1, -0.05) is 113 Å². The summed E-state index contributed by atoms with van der Waals surface area (Å²) in [6.45, 7) is 10.1. The van der Waals surface area contributed by atoms with E-state index in [-0.39, 0.29) is 12.1 Å². The van der Waals surface area contributed by atoms with E-state index in [9.17, 15) is 0 Å². The van der Waals surface area contributed by atoms with Gasteiger partial charge in [0.1, 0.15) is 18.6 Å². The second-order valence-corrected chi connectivity index (χ2v) is 11.9. The van der Waals surface area contributed by atoms with Gasteiger partial charge in [-0.3, -0.25) is 0 Å². The maximum Gasteiger partial charge on any atom is 0.200 e. The SMILES string of the molecule is CC(C)[C@H]1COC(C(Cc2ccc3ccccc3c2)(Cc2ccc3ccccc3c2)C2=N[C@@H](C(C)C)CO2)=N1. The van der Waals surface area contributed by atoms with Crippen LogP contribution in [-0.2, 0) is 22.3 Å². The summed E-state index contributed by atoms with van der Waals surface area (Å²) in [5.74, 6) is 2.34. The number of benzene rings is 4. The largest absolute Gasteiger partial charge is 0.478 e. The van der Waals surface area contributed by atoms with Crippen LogP contribution in [0, 0.1) is 17.3 Å². The van der Waals surface area contributed by atoms with Crippen LogP contribution < -0.4 is 0 Å². The molecule has 0 aromatic heterocycles. The molecule has 0 N–H and O–H groups in total. The topological polar surface area (TPSA) is 43.2 Å². The third kappa shape index (κ3) is 5.05. The number of hydrogen-bond donors (Lipinski definition) is 0. The summed E-state index contributed by atoms with van der Waals surface area (Å²) in [7, 11) is 0. The minimum atomic E-state index is -0.627. The average molecular weight is 519 g/mol. The summed E-state index contributed by atoms with van der Waals surface area (Å²) >= 11 is 0. The summed E-state index contributed by atoms with van der Waals surface area (Å²) in [5.41, 5.74) is 1.83. The fourth-order valence-corrected chi connectivity index (χ4v) is 5.84. The Morgan fingerprint density at radius 3 is 1.41 bits per heavy atom. The van der Waals surface area contributed by atoms with Gasteiger partial charge in [0.25, 0.3) is 0 Å². The van der Waals surface area contributed by atoms with Gasteiger partial charge in [0.05, 0.1) is 12.1 Å². The second kappa shape index (κ2) is 10.5. The highest BCUT2D eigenvalue weighted by molar-refractivity contribution is 6.07. The first-order valence-corrected chi connectivity index (χ1v) is 14.3. The highest BCUT2D eigenvalue weighted by Gasteiger charge is 2.49. The van der Waals surface area contributed by atoms with E-state index in [4.69, 9.17) is 19.5 Å². The van der Waals surface area contributed by atoms with Crippen LogP contribution >= 0.6 is 0 Å². The summed E-state index contributed by atoms with van der Waals surface area (Å²) in [6.07, 6.45) is 1.41. The number of hydrogen-bond acceptors (Lipinski definition) is 4. The van der Waals surface area contributed by atoms with E-state index in [2.05, 4.69) is 113 Å². The third-order valence-electron chi connectivity index (χ3n) is 8.35. The Labute approximate surface area is 231 Å². The van der Waals surface area contributed by atoms with Crippen LogP contribution in [0.2, 0.25) is 0 Å². The van der Waals surface area contributed by atoms with E-state index >= 15 is 0 Å². The molecule has 4 aromatic rings. The van der Waals surface area contributed by atoms with Crippen molar-refractivity contribution in [3.05, 3.63) is 96.1 Å². The number of rotatable bonds is 8. The lowest BCUT2D eigenvalue weighted by Crippen LogP contribution is -2.44. The van der Waals surface area contributed by atoms with Gasteiger partial charge in [0.2, 0.25) is 0 Å². The highest BCUT2D eigenvalue weighted by atomic mass is 16.5. The van der Waals surface area contributed by atoms with Crippen molar-refractivity contribution in [3.63, 3.8) is 0 Å². The van der Waals surface area contributed by atoms with Crippen molar-refractivity contribution < 1.29 is 9.47 Å². The zero-order chi connectivity index (χ0) is 27.0. The monoisotopic (exact) mass is 518 g/mol. The summed E-state index contributed by atoms with van der Waals surface area (Å²) in [5, 5.41) is 4.95. The molecule has 0 fully saturated rings. The molecule has 4 aromatic carbocycles. The van der Waals surface area contributed by atoms with Crippen molar-refractivity contribution in [2.75, 3.05) is 13.2 Å². The van der Waals surface area contributed by atoms with Crippen LogP contribution in [0.1, 0.15) is 38.8 Å². The molecule has 0 spiro atoms.